The lowest BCUT2D eigenvalue weighted by Gasteiger charge is -2.13. The van der Waals surface area contributed by atoms with Crippen LogP contribution in [0.15, 0.2) is 70.9 Å². The molecular formula is C28H29N5O5S. The second-order valence-electron chi connectivity index (χ2n) is 8.21. The van der Waals surface area contributed by atoms with E-state index < -0.39 is 0 Å². The Morgan fingerprint density at radius 1 is 0.897 bits per heavy atom. The molecule has 1 amide bonds. The van der Waals surface area contributed by atoms with Crippen LogP contribution in [0.2, 0.25) is 0 Å². The molecular weight excluding hydrogens is 518 g/mol. The molecule has 0 radical (unpaired) electrons. The Kier molecular flexibility index (Phi) is 9.06. The number of thioether (sulfide) groups is 1. The fraction of sp³-hybridized carbons (Fsp3) is 0.214. The van der Waals surface area contributed by atoms with Crippen molar-refractivity contribution in [1.82, 2.24) is 20.2 Å². The van der Waals surface area contributed by atoms with Crippen LogP contribution in [0.1, 0.15) is 11.1 Å². The first-order valence-electron chi connectivity index (χ1n) is 11.9. The third-order valence-electron chi connectivity index (χ3n) is 5.73. The van der Waals surface area contributed by atoms with Crippen LogP contribution < -0.4 is 24.4 Å². The lowest BCUT2D eigenvalue weighted by atomic mass is 10.2. The number of benzene rings is 3. The van der Waals surface area contributed by atoms with Crippen LogP contribution in [0, 0.1) is 6.92 Å². The van der Waals surface area contributed by atoms with E-state index >= 15 is 0 Å². The molecule has 0 aliphatic carbocycles. The molecule has 0 saturated carbocycles. The molecule has 0 unspecified atom stereocenters. The van der Waals surface area contributed by atoms with E-state index in [1.54, 1.807) is 26.4 Å². The summed E-state index contributed by atoms with van der Waals surface area (Å²) in [6.45, 7) is 2.03. The second-order valence-corrected chi connectivity index (χ2v) is 9.15. The Morgan fingerprint density at radius 2 is 1.62 bits per heavy atom. The Hall–Kier alpha value is -4.51. The molecule has 10 nitrogen and oxygen atoms in total. The standard InChI is InChI=1S/C28H29N5O5S/c1-18-6-11-21(12-7-18)33-27(19-8-13-22(35-2)14-9-19)31-32-28(33)39-17-24(34)30-29-16-20-10-15-23(36-3)26(38-5)25(20)37-4/h6-16H,17H2,1-5H3,(H,30,34)/b29-16-. The van der Waals surface area contributed by atoms with Crippen LogP contribution in [0.25, 0.3) is 17.1 Å². The number of nitrogens with one attached hydrogen (secondary N) is 1. The molecule has 0 spiro atoms. The van der Waals surface area contributed by atoms with Gasteiger partial charge in [-0.25, -0.2) is 5.43 Å². The minimum absolute atomic E-state index is 0.0764. The topological polar surface area (TPSA) is 109 Å². The van der Waals surface area contributed by atoms with Gasteiger partial charge >= 0.3 is 0 Å². The highest BCUT2D eigenvalue weighted by atomic mass is 32.2. The molecule has 1 aromatic heterocycles. The predicted molar refractivity (Wildman–Crippen MR) is 151 cm³/mol. The van der Waals surface area contributed by atoms with Gasteiger partial charge in [0, 0.05) is 16.8 Å². The number of rotatable bonds is 11. The van der Waals surface area contributed by atoms with Crippen molar-refractivity contribution in [1.29, 1.82) is 0 Å². The largest absolute Gasteiger partial charge is 0.497 e. The summed E-state index contributed by atoms with van der Waals surface area (Å²) in [5.74, 6) is 2.59. The van der Waals surface area contributed by atoms with Gasteiger partial charge in [0.2, 0.25) is 5.75 Å². The molecule has 0 atom stereocenters. The van der Waals surface area contributed by atoms with Crippen molar-refractivity contribution in [2.75, 3.05) is 34.2 Å². The van der Waals surface area contributed by atoms with Crippen molar-refractivity contribution < 1.29 is 23.7 Å². The first-order valence-corrected chi connectivity index (χ1v) is 12.9. The first-order chi connectivity index (χ1) is 19.0. The molecule has 1 heterocycles. The third kappa shape index (κ3) is 6.32. The number of hydrazone groups is 1. The van der Waals surface area contributed by atoms with E-state index in [0.29, 0.717) is 33.8 Å². The summed E-state index contributed by atoms with van der Waals surface area (Å²) in [7, 11) is 6.21. The van der Waals surface area contributed by atoms with Gasteiger partial charge in [-0.05, 0) is 55.5 Å². The summed E-state index contributed by atoms with van der Waals surface area (Å²) < 4.78 is 23.3. The summed E-state index contributed by atoms with van der Waals surface area (Å²) in [6, 6.07) is 19.1. The number of amides is 1. The Bertz CT molecular complexity index is 1450. The number of nitrogens with zero attached hydrogens (tertiary/aromatic N) is 4. The van der Waals surface area contributed by atoms with Gasteiger partial charge in [0.15, 0.2) is 22.5 Å². The van der Waals surface area contributed by atoms with E-state index in [0.717, 1.165) is 22.6 Å². The fourth-order valence-corrected chi connectivity index (χ4v) is 4.52. The fourth-order valence-electron chi connectivity index (χ4n) is 3.78. The molecule has 0 saturated heterocycles. The maximum Gasteiger partial charge on any atom is 0.250 e. The highest BCUT2D eigenvalue weighted by molar-refractivity contribution is 7.99. The SMILES string of the molecule is COc1ccc(-c2nnc(SCC(=O)N/N=C\c3ccc(OC)c(OC)c3OC)n2-c2ccc(C)cc2)cc1. The van der Waals surface area contributed by atoms with Gasteiger partial charge in [0.05, 0.1) is 40.4 Å². The van der Waals surface area contributed by atoms with E-state index in [4.69, 9.17) is 18.9 Å². The molecule has 0 aliphatic rings. The van der Waals surface area contributed by atoms with Gasteiger partial charge in [-0.2, -0.15) is 5.10 Å². The molecule has 39 heavy (non-hydrogen) atoms. The summed E-state index contributed by atoms with van der Waals surface area (Å²) in [6.07, 6.45) is 1.49. The zero-order chi connectivity index (χ0) is 27.8. The molecule has 3 aromatic carbocycles. The van der Waals surface area contributed by atoms with Gasteiger partial charge in [0.1, 0.15) is 5.75 Å². The van der Waals surface area contributed by atoms with Crippen molar-refractivity contribution in [2.24, 2.45) is 5.10 Å². The van der Waals surface area contributed by atoms with Crippen LogP contribution in [0.3, 0.4) is 0 Å². The summed E-state index contributed by atoms with van der Waals surface area (Å²) in [5.41, 5.74) is 6.06. The number of carbonyl (C=O) groups excluding carboxylic acids is 1. The molecule has 0 aliphatic heterocycles. The normalized spacial score (nSPS) is 10.9. The Labute approximate surface area is 231 Å². The zero-order valence-electron chi connectivity index (χ0n) is 22.3. The van der Waals surface area contributed by atoms with Crippen LogP contribution in [0.4, 0.5) is 0 Å². The molecule has 0 bridgehead atoms. The van der Waals surface area contributed by atoms with Crippen LogP contribution >= 0.6 is 11.8 Å². The molecule has 202 valence electrons. The third-order valence-corrected chi connectivity index (χ3v) is 6.66. The van der Waals surface area contributed by atoms with E-state index in [1.165, 1.54) is 32.2 Å². The van der Waals surface area contributed by atoms with Crippen LogP contribution in [-0.2, 0) is 4.79 Å². The number of aromatic nitrogens is 3. The van der Waals surface area contributed by atoms with Crippen molar-refractivity contribution in [3.05, 3.63) is 71.8 Å². The number of methoxy groups -OCH3 is 4. The van der Waals surface area contributed by atoms with Gasteiger partial charge in [0.25, 0.3) is 5.91 Å². The van der Waals surface area contributed by atoms with E-state index in [9.17, 15) is 4.79 Å². The van der Waals surface area contributed by atoms with Gasteiger partial charge in [-0.3, -0.25) is 9.36 Å². The lowest BCUT2D eigenvalue weighted by molar-refractivity contribution is -0.118. The number of ether oxygens (including phenoxy) is 4. The Morgan fingerprint density at radius 3 is 2.26 bits per heavy atom. The number of hydrogen-bond donors (Lipinski definition) is 1. The van der Waals surface area contributed by atoms with E-state index in [-0.39, 0.29) is 11.7 Å². The lowest BCUT2D eigenvalue weighted by Crippen LogP contribution is -2.20. The molecule has 0 fully saturated rings. The minimum Gasteiger partial charge on any atom is -0.497 e. The summed E-state index contributed by atoms with van der Waals surface area (Å²) in [4.78, 5) is 12.6. The molecule has 11 heteroatoms. The summed E-state index contributed by atoms with van der Waals surface area (Å²) in [5, 5.41) is 13.5. The smallest absolute Gasteiger partial charge is 0.250 e. The van der Waals surface area contributed by atoms with Gasteiger partial charge in [-0.15, -0.1) is 10.2 Å². The van der Waals surface area contributed by atoms with Crippen LogP contribution in [0.5, 0.6) is 23.0 Å². The van der Waals surface area contributed by atoms with Crippen molar-refractivity contribution in [3.63, 3.8) is 0 Å². The van der Waals surface area contributed by atoms with E-state index in [1.807, 2.05) is 60.0 Å². The zero-order valence-corrected chi connectivity index (χ0v) is 23.1. The van der Waals surface area contributed by atoms with Crippen LogP contribution in [-0.4, -0.2) is 61.1 Å². The Balaban J connectivity index is 1.51. The average molecular weight is 548 g/mol. The highest BCUT2D eigenvalue weighted by Gasteiger charge is 2.18. The average Bonchev–Trinajstić information content (AvgIpc) is 3.40. The van der Waals surface area contributed by atoms with Crippen molar-refractivity contribution in [2.45, 2.75) is 12.1 Å². The number of carbonyl (C=O) groups is 1. The minimum atomic E-state index is -0.305. The molecule has 4 aromatic rings. The van der Waals surface area contributed by atoms with Gasteiger partial charge < -0.3 is 18.9 Å². The highest BCUT2D eigenvalue weighted by Crippen LogP contribution is 2.39. The summed E-state index contributed by atoms with van der Waals surface area (Å²) >= 11 is 1.26. The number of aryl methyl sites for hydroxylation is 1. The monoisotopic (exact) mass is 547 g/mol. The van der Waals surface area contributed by atoms with E-state index in [2.05, 4.69) is 20.7 Å². The first kappa shape index (κ1) is 27.5. The second kappa shape index (κ2) is 12.8. The quantitative estimate of drug-likeness (QED) is 0.166. The van der Waals surface area contributed by atoms with Crippen molar-refractivity contribution >= 4 is 23.9 Å². The van der Waals surface area contributed by atoms with Gasteiger partial charge in [-0.1, -0.05) is 29.5 Å². The number of hydrogen-bond acceptors (Lipinski definition) is 9. The maximum atomic E-state index is 12.6. The molecule has 1 N–H and O–H groups in total. The molecule has 4 rings (SSSR count). The maximum absolute atomic E-state index is 12.6. The predicted octanol–water partition coefficient (Wildman–Crippen LogP) is 4.52. The van der Waals surface area contributed by atoms with Crippen molar-refractivity contribution in [3.8, 4) is 40.1 Å².